The topological polar surface area (TPSA) is 61.2 Å². The van der Waals surface area contributed by atoms with E-state index in [4.69, 9.17) is 0 Å². The first-order chi connectivity index (χ1) is 7.97. The highest BCUT2D eigenvalue weighted by Crippen LogP contribution is 2.31. The molecular weight excluding hydrogens is 273 g/mol. The van der Waals surface area contributed by atoms with Crippen molar-refractivity contribution in [2.45, 2.75) is 39.2 Å². The zero-order chi connectivity index (χ0) is 14.3. The molecule has 1 heterocycles. The largest absolute Gasteiger partial charge is 0.534 e. The molecule has 9 heteroatoms. The molecule has 0 aliphatic carbocycles. The van der Waals surface area contributed by atoms with E-state index in [1.807, 2.05) is 0 Å². The molecule has 1 rings (SSSR count). The number of rotatable bonds is 3. The van der Waals surface area contributed by atoms with E-state index in [1.165, 1.54) is 6.92 Å². The Bertz CT molecular complexity index is 546. The van der Waals surface area contributed by atoms with Gasteiger partial charge in [-0.15, -0.1) is 0 Å². The van der Waals surface area contributed by atoms with Crippen molar-refractivity contribution in [2.24, 2.45) is 0 Å². The van der Waals surface area contributed by atoms with Gasteiger partial charge in [-0.1, -0.05) is 0 Å². The summed E-state index contributed by atoms with van der Waals surface area (Å²) in [4.78, 5) is 0. The number of halogens is 3. The third-order valence-corrected chi connectivity index (χ3v) is 3.23. The van der Waals surface area contributed by atoms with E-state index < -0.39 is 21.5 Å². The Kier molecular flexibility index (Phi) is 3.66. The SMILES string of the molecule is Cc1nn(C(C)C)c(OS(=O)(=O)C(F)(F)F)c1C. The molecule has 0 N–H and O–H groups in total. The van der Waals surface area contributed by atoms with Crippen LogP contribution in [0.15, 0.2) is 0 Å². The van der Waals surface area contributed by atoms with Crippen LogP contribution in [0.1, 0.15) is 31.1 Å². The van der Waals surface area contributed by atoms with Crippen molar-refractivity contribution < 1.29 is 25.8 Å². The molecule has 0 aliphatic rings. The number of nitrogens with zero attached hydrogens (tertiary/aromatic N) is 2. The molecule has 0 aliphatic heterocycles. The van der Waals surface area contributed by atoms with Gasteiger partial charge in [0, 0.05) is 5.56 Å². The minimum absolute atomic E-state index is 0.261. The molecule has 0 fully saturated rings. The van der Waals surface area contributed by atoms with Gasteiger partial charge < -0.3 is 4.18 Å². The molecule has 5 nitrogen and oxygen atoms in total. The molecule has 0 aromatic carbocycles. The van der Waals surface area contributed by atoms with Crippen LogP contribution in [0, 0.1) is 13.8 Å². The number of alkyl halides is 3. The lowest BCUT2D eigenvalue weighted by Gasteiger charge is -2.13. The van der Waals surface area contributed by atoms with Gasteiger partial charge in [0.15, 0.2) is 0 Å². The minimum Gasteiger partial charge on any atom is -0.355 e. The van der Waals surface area contributed by atoms with Gasteiger partial charge in [-0.05, 0) is 27.7 Å². The molecular formula is C9H13F3N2O3S. The molecule has 1 aromatic rings. The molecule has 0 unspecified atom stereocenters. The van der Waals surface area contributed by atoms with Crippen LogP contribution in [0.2, 0.25) is 0 Å². The molecule has 0 amide bonds. The lowest BCUT2D eigenvalue weighted by atomic mass is 10.3. The van der Waals surface area contributed by atoms with Crippen LogP contribution in [0.5, 0.6) is 5.88 Å². The van der Waals surface area contributed by atoms with Crippen LogP contribution < -0.4 is 4.18 Å². The van der Waals surface area contributed by atoms with Crippen molar-refractivity contribution in [1.82, 2.24) is 9.78 Å². The summed E-state index contributed by atoms with van der Waals surface area (Å²) in [5.41, 5.74) is -4.79. The third-order valence-electron chi connectivity index (χ3n) is 2.29. The summed E-state index contributed by atoms with van der Waals surface area (Å²) in [7, 11) is -5.68. The summed E-state index contributed by atoms with van der Waals surface area (Å²) in [6.07, 6.45) is 0. The smallest absolute Gasteiger partial charge is 0.355 e. The lowest BCUT2D eigenvalue weighted by Crippen LogP contribution is -2.29. The van der Waals surface area contributed by atoms with E-state index in [0.29, 0.717) is 5.69 Å². The highest BCUT2D eigenvalue weighted by atomic mass is 32.2. The molecule has 0 saturated carbocycles. The van der Waals surface area contributed by atoms with E-state index in [-0.39, 0.29) is 11.6 Å². The van der Waals surface area contributed by atoms with Gasteiger partial charge in [0.05, 0.1) is 11.7 Å². The van der Waals surface area contributed by atoms with Crippen molar-refractivity contribution in [3.05, 3.63) is 11.3 Å². The van der Waals surface area contributed by atoms with Gasteiger partial charge in [-0.3, -0.25) is 0 Å². The molecule has 0 bridgehead atoms. The van der Waals surface area contributed by atoms with Crippen LogP contribution in [0.25, 0.3) is 0 Å². The van der Waals surface area contributed by atoms with E-state index in [1.54, 1.807) is 20.8 Å². The Morgan fingerprint density at radius 2 is 1.78 bits per heavy atom. The van der Waals surface area contributed by atoms with Crippen LogP contribution in [0.4, 0.5) is 13.2 Å². The summed E-state index contributed by atoms with van der Waals surface area (Å²) >= 11 is 0. The highest BCUT2D eigenvalue weighted by Gasteiger charge is 2.49. The minimum atomic E-state index is -5.68. The Morgan fingerprint density at radius 1 is 1.28 bits per heavy atom. The summed E-state index contributed by atoms with van der Waals surface area (Å²) in [5.74, 6) is -0.403. The van der Waals surface area contributed by atoms with Gasteiger partial charge in [-0.25, -0.2) is 4.68 Å². The second-order valence-corrected chi connectivity index (χ2v) is 5.57. The first-order valence-corrected chi connectivity index (χ1v) is 6.44. The van der Waals surface area contributed by atoms with E-state index in [2.05, 4.69) is 9.28 Å². The summed E-state index contributed by atoms with van der Waals surface area (Å²) in [6.45, 7) is 6.31. The van der Waals surface area contributed by atoms with E-state index in [9.17, 15) is 21.6 Å². The quantitative estimate of drug-likeness (QED) is 0.632. The number of hydrogen-bond donors (Lipinski definition) is 0. The molecule has 0 spiro atoms. The maximum atomic E-state index is 12.2. The van der Waals surface area contributed by atoms with Crippen LogP contribution in [-0.2, 0) is 10.1 Å². The fourth-order valence-corrected chi connectivity index (χ4v) is 1.71. The van der Waals surface area contributed by atoms with Crippen molar-refractivity contribution in [3.63, 3.8) is 0 Å². The number of aromatic nitrogens is 2. The Balaban J connectivity index is 3.28. The predicted molar refractivity (Wildman–Crippen MR) is 57.7 cm³/mol. The average Bonchev–Trinajstić information content (AvgIpc) is 2.44. The van der Waals surface area contributed by atoms with Gasteiger partial charge >= 0.3 is 15.6 Å². The molecule has 0 atom stereocenters. The van der Waals surface area contributed by atoms with Crippen molar-refractivity contribution in [2.75, 3.05) is 0 Å². The van der Waals surface area contributed by atoms with Crippen molar-refractivity contribution in [3.8, 4) is 5.88 Å². The lowest BCUT2D eigenvalue weighted by molar-refractivity contribution is -0.0503. The Morgan fingerprint density at radius 3 is 2.17 bits per heavy atom. The summed E-state index contributed by atoms with van der Waals surface area (Å²) in [5, 5.41) is 3.94. The van der Waals surface area contributed by atoms with Gasteiger partial charge in [-0.2, -0.15) is 26.7 Å². The van der Waals surface area contributed by atoms with Crippen LogP contribution >= 0.6 is 0 Å². The summed E-state index contributed by atoms with van der Waals surface area (Å²) < 4.78 is 63.9. The first kappa shape index (κ1) is 14.8. The zero-order valence-electron chi connectivity index (χ0n) is 10.2. The van der Waals surface area contributed by atoms with Gasteiger partial charge in [0.25, 0.3) is 0 Å². The van der Waals surface area contributed by atoms with Crippen LogP contribution in [0.3, 0.4) is 0 Å². The maximum Gasteiger partial charge on any atom is 0.534 e. The number of hydrogen-bond acceptors (Lipinski definition) is 4. The van der Waals surface area contributed by atoms with Crippen molar-refractivity contribution in [1.29, 1.82) is 0 Å². The summed E-state index contributed by atoms with van der Waals surface area (Å²) in [6, 6.07) is -0.323. The average molecular weight is 286 g/mol. The third kappa shape index (κ3) is 2.60. The predicted octanol–water partition coefficient (Wildman–Crippen LogP) is 2.31. The van der Waals surface area contributed by atoms with E-state index >= 15 is 0 Å². The zero-order valence-corrected chi connectivity index (χ0v) is 11.1. The second kappa shape index (κ2) is 4.45. The standard InChI is InChI=1S/C9H13F3N2O3S/c1-5(2)14-8(6(3)7(4)13-14)17-18(15,16)9(10,11)12/h5H,1-4H3. The highest BCUT2D eigenvalue weighted by molar-refractivity contribution is 7.87. The van der Waals surface area contributed by atoms with Gasteiger partial charge in [0.1, 0.15) is 0 Å². The van der Waals surface area contributed by atoms with Gasteiger partial charge in [0.2, 0.25) is 5.88 Å². The molecule has 1 aromatic heterocycles. The molecule has 104 valence electrons. The second-order valence-electron chi connectivity index (χ2n) is 4.04. The van der Waals surface area contributed by atoms with Crippen LogP contribution in [-0.4, -0.2) is 23.7 Å². The number of aryl methyl sites for hydroxylation is 1. The Labute approximate surface area is 103 Å². The van der Waals surface area contributed by atoms with E-state index in [0.717, 1.165) is 4.68 Å². The molecule has 0 radical (unpaired) electrons. The first-order valence-electron chi connectivity index (χ1n) is 5.04. The molecule has 0 saturated heterocycles. The fourth-order valence-electron chi connectivity index (χ4n) is 1.21. The normalized spacial score (nSPS) is 13.1. The monoisotopic (exact) mass is 286 g/mol. The maximum absolute atomic E-state index is 12.2. The van der Waals surface area contributed by atoms with Crippen molar-refractivity contribution >= 4 is 10.1 Å². The Hall–Kier alpha value is -1.25. The fraction of sp³-hybridized carbons (Fsp3) is 0.667. The molecule has 18 heavy (non-hydrogen) atoms.